The number of para-hydroxylation sites is 1. The number of aryl methyl sites for hydroxylation is 1. The molecule has 0 saturated heterocycles. The smallest absolute Gasteiger partial charge is 0.230 e. The minimum Gasteiger partial charge on any atom is -0.469 e. The van der Waals surface area contributed by atoms with Crippen molar-refractivity contribution in [2.45, 2.75) is 24.8 Å². The second-order valence-electron chi connectivity index (χ2n) is 6.28. The molecule has 0 aliphatic rings. The molecule has 0 atom stereocenters. The lowest BCUT2D eigenvalue weighted by Crippen LogP contribution is -2.23. The predicted octanol–water partition coefficient (Wildman–Crippen LogP) is 4.13. The average Bonchev–Trinajstić information content (AvgIpc) is 3.43. The zero-order valence-corrected chi connectivity index (χ0v) is 17.7. The Hall–Kier alpha value is -3.18. The zero-order valence-electron chi connectivity index (χ0n) is 16.1. The third kappa shape index (κ3) is 3.81. The molecule has 30 heavy (non-hydrogen) atoms. The number of hydrogen-bond acceptors (Lipinski definition) is 8. The number of carbonyl (C=O) groups is 1. The second-order valence-corrected chi connectivity index (χ2v) is 8.06. The largest absolute Gasteiger partial charge is 0.469 e. The quantitative estimate of drug-likeness (QED) is 0.352. The summed E-state index contributed by atoms with van der Waals surface area (Å²) in [6, 6.07) is 7.88. The highest BCUT2D eigenvalue weighted by Crippen LogP contribution is 2.32. The topological polar surface area (TPSA) is 103 Å². The maximum Gasteiger partial charge on any atom is 0.230 e. The van der Waals surface area contributed by atoms with E-state index in [0.29, 0.717) is 33.3 Å². The number of halogens is 1. The predicted molar refractivity (Wildman–Crippen MR) is 114 cm³/mol. The van der Waals surface area contributed by atoms with Gasteiger partial charge in [-0.05, 0) is 25.1 Å². The highest BCUT2D eigenvalue weighted by atomic mass is 32.2. The van der Waals surface area contributed by atoms with Gasteiger partial charge in [-0.3, -0.25) is 9.69 Å². The summed E-state index contributed by atoms with van der Waals surface area (Å²) >= 11 is 2.62. The molecule has 0 fully saturated rings. The number of thioether (sulfide) groups is 1. The van der Waals surface area contributed by atoms with E-state index in [-0.39, 0.29) is 11.6 Å². The lowest BCUT2D eigenvalue weighted by atomic mass is 10.2. The number of hydrogen-bond donors (Lipinski definition) is 1. The summed E-state index contributed by atoms with van der Waals surface area (Å²) in [6.07, 6.45) is 1.57. The van der Waals surface area contributed by atoms with Crippen molar-refractivity contribution in [1.82, 2.24) is 19.9 Å². The van der Waals surface area contributed by atoms with Gasteiger partial charge in [0.25, 0.3) is 0 Å². The molecule has 4 rings (SSSR count). The molecule has 0 aliphatic carbocycles. The molecule has 0 unspecified atom stereocenters. The van der Waals surface area contributed by atoms with Gasteiger partial charge in [-0.15, -0.1) is 21.5 Å². The Labute approximate surface area is 179 Å². The minimum absolute atomic E-state index is 0.167. The van der Waals surface area contributed by atoms with Crippen LogP contribution in [0.4, 0.5) is 15.2 Å². The normalized spacial score (nSPS) is 11.0. The Morgan fingerprint density at radius 3 is 2.83 bits per heavy atom. The van der Waals surface area contributed by atoms with Crippen LogP contribution in [0.5, 0.6) is 0 Å². The zero-order chi connectivity index (χ0) is 21.3. The Kier molecular flexibility index (Phi) is 5.55. The molecule has 154 valence electrons. The molecular formula is C19H17FN6O2S2. The van der Waals surface area contributed by atoms with E-state index in [1.165, 1.54) is 45.7 Å². The van der Waals surface area contributed by atoms with Gasteiger partial charge in [0.1, 0.15) is 11.6 Å². The van der Waals surface area contributed by atoms with Crippen LogP contribution in [-0.4, -0.2) is 25.8 Å². The van der Waals surface area contributed by atoms with Gasteiger partial charge >= 0.3 is 0 Å². The Morgan fingerprint density at radius 1 is 1.33 bits per heavy atom. The van der Waals surface area contributed by atoms with Gasteiger partial charge in [-0.1, -0.05) is 23.9 Å². The van der Waals surface area contributed by atoms with E-state index in [1.807, 2.05) is 12.3 Å². The molecule has 4 aromatic rings. The van der Waals surface area contributed by atoms with Crippen molar-refractivity contribution in [3.8, 4) is 11.4 Å². The summed E-state index contributed by atoms with van der Waals surface area (Å²) in [5.74, 6) is 6.98. The van der Waals surface area contributed by atoms with Gasteiger partial charge in [0, 0.05) is 18.1 Å². The van der Waals surface area contributed by atoms with E-state index in [0.717, 1.165) is 5.56 Å². The number of aromatic nitrogens is 4. The van der Waals surface area contributed by atoms with E-state index < -0.39 is 5.82 Å². The number of carbonyl (C=O) groups excluding carboxylic acids is 1. The maximum atomic E-state index is 14.2. The van der Waals surface area contributed by atoms with Crippen molar-refractivity contribution in [2.75, 3.05) is 10.7 Å². The molecular weight excluding hydrogens is 427 g/mol. The van der Waals surface area contributed by atoms with Gasteiger partial charge in [-0.2, -0.15) is 0 Å². The van der Waals surface area contributed by atoms with Gasteiger partial charge in [-0.25, -0.2) is 14.1 Å². The fourth-order valence-electron chi connectivity index (χ4n) is 2.82. The van der Waals surface area contributed by atoms with Crippen molar-refractivity contribution in [3.05, 3.63) is 59.2 Å². The summed E-state index contributed by atoms with van der Waals surface area (Å²) < 4.78 is 20.9. The van der Waals surface area contributed by atoms with Gasteiger partial charge < -0.3 is 10.3 Å². The maximum absolute atomic E-state index is 14.2. The van der Waals surface area contributed by atoms with Crippen molar-refractivity contribution in [1.29, 1.82) is 0 Å². The molecule has 0 bridgehead atoms. The van der Waals surface area contributed by atoms with E-state index in [1.54, 1.807) is 30.5 Å². The number of nitrogens with zero attached hydrogens (tertiary/aromatic N) is 5. The van der Waals surface area contributed by atoms with Crippen LogP contribution in [0, 0.1) is 12.7 Å². The van der Waals surface area contributed by atoms with Gasteiger partial charge in [0.05, 0.1) is 23.2 Å². The van der Waals surface area contributed by atoms with Crippen molar-refractivity contribution in [2.24, 2.45) is 0 Å². The van der Waals surface area contributed by atoms with Crippen molar-refractivity contribution < 1.29 is 13.6 Å². The van der Waals surface area contributed by atoms with Crippen molar-refractivity contribution >= 4 is 39.8 Å². The summed E-state index contributed by atoms with van der Waals surface area (Å²) in [5, 5.41) is 11.0. The Bertz CT molecular complexity index is 1200. The highest BCUT2D eigenvalue weighted by Gasteiger charge is 2.21. The monoisotopic (exact) mass is 444 g/mol. The van der Waals surface area contributed by atoms with E-state index in [2.05, 4.69) is 15.2 Å². The SMILES string of the molecule is CC(=O)N(c1nc(CSc2nnc(-c3ccoc3C)n2N)cs1)c1ccccc1F. The first-order chi connectivity index (χ1) is 14.5. The standard InChI is InChI=1S/C19H17FN6O2S2/c1-11-14(7-8-28-11)17-23-24-19(26(17)21)30-10-13-9-29-18(22-13)25(12(2)27)16-6-4-3-5-15(16)20/h3-9H,10,21H2,1-2H3. The number of rotatable bonds is 6. The van der Waals surface area contributed by atoms with Crippen LogP contribution in [0.15, 0.2) is 51.5 Å². The van der Waals surface area contributed by atoms with Crippen LogP contribution in [0.2, 0.25) is 0 Å². The van der Waals surface area contributed by atoms with Crippen LogP contribution in [0.3, 0.4) is 0 Å². The number of benzene rings is 1. The average molecular weight is 445 g/mol. The lowest BCUT2D eigenvalue weighted by molar-refractivity contribution is -0.115. The van der Waals surface area contributed by atoms with E-state index in [9.17, 15) is 9.18 Å². The van der Waals surface area contributed by atoms with Crippen LogP contribution in [0.25, 0.3) is 11.4 Å². The Morgan fingerprint density at radius 2 is 2.13 bits per heavy atom. The first kappa shape index (κ1) is 20.1. The van der Waals surface area contributed by atoms with Crippen LogP contribution in [-0.2, 0) is 10.5 Å². The van der Waals surface area contributed by atoms with E-state index >= 15 is 0 Å². The summed E-state index contributed by atoms with van der Waals surface area (Å²) in [4.78, 5) is 17.9. The first-order valence-corrected chi connectivity index (χ1v) is 10.7. The number of furan rings is 1. The molecule has 2 N–H and O–H groups in total. The number of thiazole rings is 1. The van der Waals surface area contributed by atoms with Gasteiger partial charge in [0.2, 0.25) is 11.1 Å². The molecule has 3 aromatic heterocycles. The number of amides is 1. The van der Waals surface area contributed by atoms with Crippen LogP contribution >= 0.6 is 23.1 Å². The van der Waals surface area contributed by atoms with E-state index in [4.69, 9.17) is 10.3 Å². The molecule has 3 heterocycles. The molecule has 0 saturated carbocycles. The summed E-state index contributed by atoms with van der Waals surface area (Å²) in [5.41, 5.74) is 1.65. The van der Waals surface area contributed by atoms with Gasteiger partial charge in [0.15, 0.2) is 11.0 Å². The third-order valence-corrected chi connectivity index (χ3v) is 6.10. The second kappa shape index (κ2) is 8.28. The van der Waals surface area contributed by atoms with Crippen LogP contribution < -0.4 is 10.7 Å². The number of anilines is 2. The fourth-order valence-corrected chi connectivity index (χ4v) is 4.55. The molecule has 1 amide bonds. The molecule has 1 aromatic carbocycles. The Balaban J connectivity index is 1.52. The summed E-state index contributed by atoms with van der Waals surface area (Å²) in [7, 11) is 0. The third-order valence-electron chi connectivity index (χ3n) is 4.25. The number of nitrogens with two attached hydrogens (primary N) is 1. The van der Waals surface area contributed by atoms with Crippen LogP contribution in [0.1, 0.15) is 18.4 Å². The molecule has 8 nitrogen and oxygen atoms in total. The molecule has 0 spiro atoms. The lowest BCUT2D eigenvalue weighted by Gasteiger charge is -2.18. The minimum atomic E-state index is -0.489. The first-order valence-electron chi connectivity index (χ1n) is 8.83. The molecule has 0 radical (unpaired) electrons. The summed E-state index contributed by atoms with van der Waals surface area (Å²) in [6.45, 7) is 3.20. The molecule has 0 aliphatic heterocycles. The highest BCUT2D eigenvalue weighted by molar-refractivity contribution is 7.98. The van der Waals surface area contributed by atoms with Crippen molar-refractivity contribution in [3.63, 3.8) is 0 Å². The number of nitrogen functional groups attached to an aromatic ring is 1. The molecule has 11 heteroatoms. The fraction of sp³-hybridized carbons (Fsp3) is 0.158.